The van der Waals surface area contributed by atoms with E-state index in [9.17, 15) is 8.78 Å². The van der Waals surface area contributed by atoms with Gasteiger partial charge in [-0.25, -0.2) is 19.6 Å². The van der Waals surface area contributed by atoms with Gasteiger partial charge < -0.3 is 10.7 Å². The Morgan fingerprint density at radius 1 is 1.15 bits per heavy atom. The highest BCUT2D eigenvalue weighted by molar-refractivity contribution is 5.47. The Hall–Kier alpha value is -2.21. The minimum absolute atomic E-state index is 0.0258. The lowest BCUT2D eigenvalue weighted by Gasteiger charge is -2.14. The average molecular weight is 278 g/mol. The monoisotopic (exact) mass is 278 g/mol. The molecule has 0 fully saturated rings. The van der Waals surface area contributed by atoms with Gasteiger partial charge in [-0.3, -0.25) is 0 Å². The molecule has 1 unspecified atom stereocenters. The van der Waals surface area contributed by atoms with E-state index in [2.05, 4.69) is 15.7 Å². The van der Waals surface area contributed by atoms with Crippen LogP contribution in [-0.4, -0.2) is 11.5 Å². The molecule has 0 aliphatic rings. The van der Waals surface area contributed by atoms with Gasteiger partial charge in [0, 0.05) is 12.6 Å². The Balaban J connectivity index is 2.07. The Bertz CT molecular complexity index is 575. The normalized spacial score (nSPS) is 12.0. The van der Waals surface area contributed by atoms with Crippen molar-refractivity contribution in [3.05, 3.63) is 53.6 Å². The Morgan fingerprint density at radius 2 is 1.80 bits per heavy atom. The third-order valence-electron chi connectivity index (χ3n) is 3.01. The predicted octanol–water partition coefficient (Wildman–Crippen LogP) is 2.86. The smallest absolute Gasteiger partial charge is 0.178 e. The van der Waals surface area contributed by atoms with E-state index < -0.39 is 11.6 Å². The van der Waals surface area contributed by atoms with Crippen molar-refractivity contribution in [2.45, 2.75) is 12.8 Å². The number of anilines is 2. The molecule has 0 aliphatic heterocycles. The fourth-order valence-corrected chi connectivity index (χ4v) is 1.84. The molecule has 0 saturated carbocycles. The number of hydrogen-bond donors (Lipinski definition) is 3. The maximum atomic E-state index is 13.6. The highest BCUT2D eigenvalue weighted by Gasteiger charge is 2.12. The van der Waals surface area contributed by atoms with Gasteiger partial charge in [0.2, 0.25) is 0 Å². The van der Waals surface area contributed by atoms with Crippen LogP contribution in [0.25, 0.3) is 0 Å². The minimum atomic E-state index is -0.827. The third kappa shape index (κ3) is 3.21. The summed E-state index contributed by atoms with van der Waals surface area (Å²) in [6.45, 7) is 2.48. The first kappa shape index (κ1) is 14.2. The van der Waals surface area contributed by atoms with Crippen molar-refractivity contribution in [2.75, 3.05) is 17.3 Å². The lowest BCUT2D eigenvalue weighted by molar-refractivity contribution is 0.577. The Morgan fingerprint density at radius 3 is 2.45 bits per heavy atom. The quantitative estimate of drug-likeness (QED) is 0.581. The number of hydrazine groups is 1. The number of pyridine rings is 1. The van der Waals surface area contributed by atoms with E-state index in [1.807, 2.05) is 37.3 Å². The first-order valence-corrected chi connectivity index (χ1v) is 6.23. The van der Waals surface area contributed by atoms with E-state index in [1.165, 1.54) is 0 Å². The van der Waals surface area contributed by atoms with Crippen molar-refractivity contribution in [3.63, 3.8) is 0 Å². The molecule has 0 bridgehead atoms. The molecule has 0 amide bonds. The zero-order valence-corrected chi connectivity index (χ0v) is 11.0. The summed E-state index contributed by atoms with van der Waals surface area (Å²) in [5.74, 6) is 3.48. The molecule has 4 N–H and O–H groups in total. The number of hydrogen-bond acceptors (Lipinski definition) is 4. The molecule has 0 saturated heterocycles. The number of rotatable bonds is 5. The molecule has 2 aromatic rings. The molecule has 1 aromatic heterocycles. The lowest BCUT2D eigenvalue weighted by atomic mass is 10.0. The summed E-state index contributed by atoms with van der Waals surface area (Å²) in [6, 6.07) is 10.6. The molecular weight excluding hydrogens is 262 g/mol. The van der Waals surface area contributed by atoms with E-state index in [1.54, 1.807) is 0 Å². The van der Waals surface area contributed by atoms with Crippen molar-refractivity contribution >= 4 is 11.6 Å². The highest BCUT2D eigenvalue weighted by atomic mass is 19.1. The second-order valence-electron chi connectivity index (χ2n) is 4.49. The molecule has 4 nitrogen and oxygen atoms in total. The van der Waals surface area contributed by atoms with Crippen LogP contribution >= 0.6 is 0 Å². The number of nitrogen functional groups attached to an aromatic ring is 1. The van der Waals surface area contributed by atoms with Gasteiger partial charge in [0.25, 0.3) is 0 Å². The number of halogens is 2. The number of aromatic nitrogens is 1. The summed E-state index contributed by atoms with van der Waals surface area (Å²) < 4.78 is 26.8. The van der Waals surface area contributed by atoms with Crippen molar-refractivity contribution in [2.24, 2.45) is 5.84 Å². The molecule has 1 atom stereocenters. The van der Waals surface area contributed by atoms with Crippen LogP contribution in [0, 0.1) is 11.6 Å². The van der Waals surface area contributed by atoms with Crippen LogP contribution in [0.2, 0.25) is 0 Å². The average Bonchev–Trinajstić information content (AvgIpc) is 2.47. The van der Waals surface area contributed by atoms with E-state index in [-0.39, 0.29) is 17.6 Å². The van der Waals surface area contributed by atoms with Crippen LogP contribution in [0.15, 0.2) is 36.4 Å². The van der Waals surface area contributed by atoms with E-state index >= 15 is 0 Å². The summed E-state index contributed by atoms with van der Waals surface area (Å²) >= 11 is 0. The third-order valence-corrected chi connectivity index (χ3v) is 3.01. The molecule has 1 heterocycles. The number of nitrogens with one attached hydrogen (secondary N) is 2. The number of nitrogens with two attached hydrogens (primary N) is 1. The number of benzene rings is 1. The first-order valence-electron chi connectivity index (χ1n) is 6.23. The van der Waals surface area contributed by atoms with Crippen LogP contribution in [0.1, 0.15) is 18.4 Å². The first-order chi connectivity index (χ1) is 9.61. The van der Waals surface area contributed by atoms with Gasteiger partial charge in [-0.1, -0.05) is 37.3 Å². The molecule has 0 radical (unpaired) electrons. The van der Waals surface area contributed by atoms with Gasteiger partial charge in [-0.15, -0.1) is 0 Å². The van der Waals surface area contributed by atoms with Crippen LogP contribution < -0.4 is 16.6 Å². The van der Waals surface area contributed by atoms with E-state index in [0.29, 0.717) is 6.54 Å². The van der Waals surface area contributed by atoms with Gasteiger partial charge in [-0.05, 0) is 11.5 Å². The fourth-order valence-electron chi connectivity index (χ4n) is 1.84. The molecule has 20 heavy (non-hydrogen) atoms. The maximum Gasteiger partial charge on any atom is 0.178 e. The standard InChI is InChI=1S/C14H16F2N4/c1-9(10-5-3-2-4-6-10)8-18-13-11(15)7-12(16)14(19-13)20-17/h2-7,9H,8,17H2,1H3,(H2,18,19,20). The summed E-state index contributed by atoms with van der Waals surface area (Å²) in [6.07, 6.45) is 0. The van der Waals surface area contributed by atoms with Crippen LogP contribution in [-0.2, 0) is 0 Å². The maximum absolute atomic E-state index is 13.6. The van der Waals surface area contributed by atoms with Crippen molar-refractivity contribution in [3.8, 4) is 0 Å². The zero-order valence-electron chi connectivity index (χ0n) is 11.0. The zero-order chi connectivity index (χ0) is 14.5. The van der Waals surface area contributed by atoms with Crippen molar-refractivity contribution in [1.82, 2.24) is 4.98 Å². The van der Waals surface area contributed by atoms with E-state index in [0.717, 1.165) is 11.6 Å². The van der Waals surface area contributed by atoms with Gasteiger partial charge in [-0.2, -0.15) is 0 Å². The van der Waals surface area contributed by atoms with Gasteiger partial charge in [0.05, 0.1) is 0 Å². The summed E-state index contributed by atoms with van der Waals surface area (Å²) in [7, 11) is 0. The molecule has 1 aromatic carbocycles. The summed E-state index contributed by atoms with van der Waals surface area (Å²) in [5, 5.41) is 2.86. The molecular formula is C14H16F2N4. The van der Waals surface area contributed by atoms with Gasteiger partial charge >= 0.3 is 0 Å². The molecule has 6 heteroatoms. The molecule has 0 spiro atoms. The topological polar surface area (TPSA) is 63.0 Å². The number of nitrogens with zero attached hydrogens (tertiary/aromatic N) is 1. The van der Waals surface area contributed by atoms with Crippen molar-refractivity contribution < 1.29 is 8.78 Å². The predicted molar refractivity (Wildman–Crippen MR) is 75.3 cm³/mol. The molecule has 0 aliphatic carbocycles. The van der Waals surface area contributed by atoms with Crippen LogP contribution in [0.5, 0.6) is 0 Å². The van der Waals surface area contributed by atoms with Crippen LogP contribution in [0.3, 0.4) is 0 Å². The molecule has 2 rings (SSSR count). The summed E-state index contributed by atoms with van der Waals surface area (Å²) in [4.78, 5) is 3.76. The van der Waals surface area contributed by atoms with Gasteiger partial charge in [0.15, 0.2) is 23.3 Å². The summed E-state index contributed by atoms with van der Waals surface area (Å²) in [5.41, 5.74) is 3.21. The Kier molecular flexibility index (Phi) is 4.47. The SMILES string of the molecule is CC(CNc1nc(NN)c(F)cc1F)c1ccccc1. The highest BCUT2D eigenvalue weighted by Crippen LogP contribution is 2.20. The van der Waals surface area contributed by atoms with Gasteiger partial charge in [0.1, 0.15) is 0 Å². The van der Waals surface area contributed by atoms with E-state index in [4.69, 9.17) is 5.84 Å². The second kappa shape index (κ2) is 6.29. The largest absolute Gasteiger partial charge is 0.367 e. The van der Waals surface area contributed by atoms with Crippen molar-refractivity contribution in [1.29, 1.82) is 0 Å². The lowest BCUT2D eigenvalue weighted by Crippen LogP contribution is -2.15. The van der Waals surface area contributed by atoms with Crippen LogP contribution in [0.4, 0.5) is 20.4 Å². The Labute approximate surface area is 116 Å². The molecule has 106 valence electrons. The second-order valence-corrected chi connectivity index (χ2v) is 4.49. The fraction of sp³-hybridized carbons (Fsp3) is 0.214. The minimum Gasteiger partial charge on any atom is -0.367 e.